The van der Waals surface area contributed by atoms with Gasteiger partial charge < -0.3 is 57.2 Å². The zero-order chi connectivity index (χ0) is 65.3. The van der Waals surface area contributed by atoms with Gasteiger partial charge in [-0.3, -0.25) is 19.2 Å². The molecule has 0 aliphatic rings. The summed E-state index contributed by atoms with van der Waals surface area (Å²) in [6, 6.07) is 40.2. The van der Waals surface area contributed by atoms with Gasteiger partial charge >= 0.3 is 47.8 Å². The highest BCUT2D eigenvalue weighted by atomic mass is 16.6. The number of rotatable bonds is 33. The number of carbonyl (C=O) groups is 8. The zero-order valence-corrected chi connectivity index (χ0v) is 51.3. The predicted octanol–water partition coefficient (Wildman–Crippen LogP) is 11.1. The van der Waals surface area contributed by atoms with E-state index in [2.05, 4.69) is 26.3 Å². The van der Waals surface area contributed by atoms with Crippen LogP contribution in [-0.4, -0.2) is 115 Å². The topological polar surface area (TPSA) is 235 Å². The van der Waals surface area contributed by atoms with Gasteiger partial charge in [-0.15, -0.1) is 0 Å². The van der Waals surface area contributed by atoms with Crippen molar-refractivity contribution in [2.24, 2.45) is 0 Å². The summed E-state index contributed by atoms with van der Waals surface area (Å²) in [5.74, 6) is -3.99. The SMILES string of the molecule is C=C(COC(=O)Cc1ccc(N(c2ccc(CC(=O)OCC(=C)C(=O)OCC)cc2)c2ccc(-c3ccc(N(c4ccc(CC(=O)OCC(=C)C(=O)OCC)cc4)c4ccc(CC(=O)OCC(=C)C(=O)OCC)cc4)c(OC)c3)cc2OC)cc1)C(=O)OCC. The molecule has 0 saturated heterocycles. The Balaban J connectivity index is 1.32. The van der Waals surface area contributed by atoms with Gasteiger partial charge in [0.2, 0.25) is 0 Å². The summed E-state index contributed by atoms with van der Waals surface area (Å²) in [5, 5.41) is 0. The third-order valence-electron chi connectivity index (χ3n) is 13.2. The number of ether oxygens (including phenoxy) is 10. The quantitative estimate of drug-likeness (QED) is 0.0211. The number of nitrogens with zero attached hydrogens (tertiary/aromatic N) is 2. The number of hydrogen-bond donors (Lipinski definition) is 0. The van der Waals surface area contributed by atoms with Crippen LogP contribution in [0.1, 0.15) is 49.9 Å². The number of hydrogen-bond acceptors (Lipinski definition) is 20. The van der Waals surface area contributed by atoms with Crippen LogP contribution < -0.4 is 19.3 Å². The molecular formula is C70H72N2O18. The first-order valence-corrected chi connectivity index (χ1v) is 28.6. The van der Waals surface area contributed by atoms with Crippen molar-refractivity contribution in [2.45, 2.75) is 53.4 Å². The molecule has 0 aromatic heterocycles. The van der Waals surface area contributed by atoms with Gasteiger partial charge in [0.1, 0.15) is 37.9 Å². The molecule has 20 nitrogen and oxygen atoms in total. The molecule has 0 unspecified atom stereocenters. The Morgan fingerprint density at radius 1 is 0.322 bits per heavy atom. The smallest absolute Gasteiger partial charge is 0.336 e. The maximum atomic E-state index is 12.9. The number of anilines is 6. The van der Waals surface area contributed by atoms with Crippen LogP contribution in [0.3, 0.4) is 0 Å². The van der Waals surface area contributed by atoms with Gasteiger partial charge in [0.15, 0.2) is 0 Å². The van der Waals surface area contributed by atoms with Crippen molar-refractivity contribution in [3.05, 3.63) is 204 Å². The van der Waals surface area contributed by atoms with E-state index in [4.69, 9.17) is 47.4 Å². The molecule has 20 heteroatoms. The Morgan fingerprint density at radius 3 is 0.744 bits per heavy atom. The second-order valence-corrected chi connectivity index (χ2v) is 19.8. The molecule has 0 fully saturated rings. The number of benzene rings is 6. The van der Waals surface area contributed by atoms with Crippen LogP contribution in [-0.2, 0) is 102 Å². The van der Waals surface area contributed by atoms with E-state index in [0.717, 1.165) is 11.1 Å². The molecule has 6 rings (SSSR count). The van der Waals surface area contributed by atoms with Crippen LogP contribution in [0.2, 0.25) is 0 Å². The maximum absolute atomic E-state index is 12.9. The van der Waals surface area contributed by atoms with Crippen molar-refractivity contribution >= 4 is 81.9 Å². The predicted molar refractivity (Wildman–Crippen MR) is 336 cm³/mol. The minimum atomic E-state index is -0.651. The van der Waals surface area contributed by atoms with Gasteiger partial charge in [-0.05, 0) is 134 Å². The van der Waals surface area contributed by atoms with Crippen molar-refractivity contribution in [3.63, 3.8) is 0 Å². The maximum Gasteiger partial charge on any atom is 0.336 e. The molecule has 90 heavy (non-hydrogen) atoms. The summed E-state index contributed by atoms with van der Waals surface area (Å²) in [6.45, 7) is 20.6. The van der Waals surface area contributed by atoms with E-state index in [1.807, 2.05) is 94.7 Å². The van der Waals surface area contributed by atoms with Gasteiger partial charge in [-0.1, -0.05) is 87.0 Å². The lowest BCUT2D eigenvalue weighted by atomic mass is 10.0. The average molecular weight is 1230 g/mol. The first kappa shape index (κ1) is 68.4. The second-order valence-electron chi connectivity index (χ2n) is 19.8. The first-order chi connectivity index (χ1) is 43.3. The summed E-state index contributed by atoms with van der Waals surface area (Å²) in [6.07, 6.45) is -0.392. The van der Waals surface area contributed by atoms with Crippen molar-refractivity contribution in [1.82, 2.24) is 0 Å². The van der Waals surface area contributed by atoms with Crippen LogP contribution in [0.5, 0.6) is 11.5 Å². The Kier molecular flexibility index (Phi) is 25.8. The lowest BCUT2D eigenvalue weighted by Crippen LogP contribution is -2.16. The molecule has 0 N–H and O–H groups in total. The van der Waals surface area contributed by atoms with E-state index in [9.17, 15) is 38.4 Å². The van der Waals surface area contributed by atoms with Gasteiger partial charge in [-0.2, -0.15) is 0 Å². The first-order valence-electron chi connectivity index (χ1n) is 28.6. The summed E-state index contributed by atoms with van der Waals surface area (Å²) >= 11 is 0. The average Bonchev–Trinajstić information content (AvgIpc) is 0.834. The van der Waals surface area contributed by atoms with Crippen LogP contribution in [0.4, 0.5) is 34.1 Å². The Morgan fingerprint density at radius 2 is 0.544 bits per heavy atom. The molecule has 0 bridgehead atoms. The lowest BCUT2D eigenvalue weighted by Gasteiger charge is -2.28. The second kappa shape index (κ2) is 34.0. The highest BCUT2D eigenvalue weighted by Gasteiger charge is 2.23. The minimum absolute atomic E-state index is 0.0107. The van der Waals surface area contributed by atoms with Gasteiger partial charge in [0.05, 0.1) is 100.0 Å². The minimum Gasteiger partial charge on any atom is -0.495 e. The van der Waals surface area contributed by atoms with Crippen molar-refractivity contribution in [1.29, 1.82) is 0 Å². The van der Waals surface area contributed by atoms with Gasteiger partial charge in [0, 0.05) is 22.7 Å². The summed E-state index contributed by atoms with van der Waals surface area (Å²) in [4.78, 5) is 104. The lowest BCUT2D eigenvalue weighted by molar-refractivity contribution is -0.145. The normalized spacial score (nSPS) is 10.5. The van der Waals surface area contributed by atoms with E-state index < -0.39 is 47.8 Å². The molecule has 470 valence electrons. The van der Waals surface area contributed by atoms with Crippen LogP contribution in [0, 0.1) is 0 Å². The number of methoxy groups -OCH3 is 2. The molecule has 0 heterocycles. The zero-order valence-electron chi connectivity index (χ0n) is 51.3. The number of carbonyl (C=O) groups excluding carboxylic acids is 8. The molecule has 0 saturated carbocycles. The third kappa shape index (κ3) is 19.6. The van der Waals surface area contributed by atoms with E-state index in [1.54, 1.807) is 90.4 Å². The molecule has 0 aliphatic carbocycles. The fraction of sp³-hybridized carbons (Fsp3) is 0.257. The molecule has 0 radical (unpaired) electrons. The third-order valence-corrected chi connectivity index (χ3v) is 13.2. The standard InChI is InChI=1S/C70H72N2O18/c1-11-83-67(77)45(5)41-87-63(73)35-49-15-25-55(26-16-49)71(56-27-17-50(18-28-56)36-64(74)88-42-46(6)68(78)84-12-2)59-33-23-53(39-61(59)81-9)54-24-34-60(62(40-54)82-10)72(57-29-19-51(20-30-57)37-65(75)89-43-47(7)69(79)85-13-3)58-31-21-52(22-32-58)38-66(76)90-44-48(8)70(80)86-14-4/h15-34,39-40H,5-8,11-14,35-38,41-44H2,1-4,9-10H3. The number of esters is 8. The fourth-order valence-corrected chi connectivity index (χ4v) is 8.70. The van der Waals surface area contributed by atoms with Crippen LogP contribution in [0.15, 0.2) is 182 Å². The molecule has 0 spiro atoms. The summed E-state index contributed by atoms with van der Waals surface area (Å²) in [5.41, 5.74) is 7.93. The van der Waals surface area contributed by atoms with E-state index in [-0.39, 0.29) is 101 Å². The van der Waals surface area contributed by atoms with Crippen molar-refractivity contribution in [3.8, 4) is 22.6 Å². The highest BCUT2D eigenvalue weighted by molar-refractivity contribution is 5.91. The van der Waals surface area contributed by atoms with E-state index >= 15 is 0 Å². The molecule has 0 amide bonds. The monoisotopic (exact) mass is 1230 g/mol. The van der Waals surface area contributed by atoms with E-state index in [0.29, 0.717) is 67.9 Å². The van der Waals surface area contributed by atoms with Crippen molar-refractivity contribution < 1.29 is 85.7 Å². The summed E-state index contributed by atoms with van der Waals surface area (Å²) < 4.78 is 53.3. The Labute approximate surface area is 522 Å². The Hall–Kier alpha value is -10.8. The molecule has 0 atom stereocenters. The molecular weight excluding hydrogens is 1160 g/mol. The van der Waals surface area contributed by atoms with Crippen molar-refractivity contribution in [2.75, 3.05) is 76.9 Å². The van der Waals surface area contributed by atoms with E-state index in [1.165, 1.54) is 0 Å². The largest absolute Gasteiger partial charge is 0.495 e. The summed E-state index contributed by atoms with van der Waals surface area (Å²) in [7, 11) is 3.10. The van der Waals surface area contributed by atoms with Crippen LogP contribution in [0.25, 0.3) is 11.1 Å². The van der Waals surface area contributed by atoms with Gasteiger partial charge in [-0.25, -0.2) is 19.2 Å². The van der Waals surface area contributed by atoms with Crippen LogP contribution >= 0.6 is 0 Å². The molecule has 0 aliphatic heterocycles. The molecule has 6 aromatic rings. The molecule has 6 aromatic carbocycles. The van der Waals surface area contributed by atoms with Gasteiger partial charge in [0.25, 0.3) is 0 Å². The highest BCUT2D eigenvalue weighted by Crippen LogP contribution is 2.45. The fourth-order valence-electron chi connectivity index (χ4n) is 8.70. The Bertz CT molecular complexity index is 3170.